The standard InChI is InChI=1S/C14H12N4O/c19-14-15-7-11-13(18-14)17-12(16-11)10-5-4-8-2-1-3-9(8)6-10/h4-7H,1-3H2,(H2,15,16,17,18,19). The first-order valence-electron chi connectivity index (χ1n) is 6.37. The van der Waals surface area contributed by atoms with E-state index in [1.165, 1.54) is 30.2 Å². The molecule has 0 aliphatic heterocycles. The fourth-order valence-electron chi connectivity index (χ4n) is 2.69. The molecule has 0 fully saturated rings. The zero-order valence-corrected chi connectivity index (χ0v) is 10.2. The summed E-state index contributed by atoms with van der Waals surface area (Å²) in [6, 6.07) is 6.44. The molecule has 0 unspecified atom stereocenters. The second kappa shape index (κ2) is 3.78. The highest BCUT2D eigenvalue weighted by Gasteiger charge is 2.13. The Morgan fingerprint density at radius 2 is 2.00 bits per heavy atom. The lowest BCUT2D eigenvalue weighted by atomic mass is 10.1. The molecule has 94 valence electrons. The smallest absolute Gasteiger partial charge is 0.335 e. The number of rotatable bonds is 1. The fraction of sp³-hybridized carbons (Fsp3) is 0.214. The van der Waals surface area contributed by atoms with Gasteiger partial charge in [-0.1, -0.05) is 12.1 Å². The minimum Gasteiger partial charge on any atom is -0.335 e. The highest BCUT2D eigenvalue weighted by molar-refractivity contribution is 5.75. The Labute approximate surface area is 108 Å². The van der Waals surface area contributed by atoms with Gasteiger partial charge in [-0.25, -0.2) is 9.78 Å². The molecule has 19 heavy (non-hydrogen) atoms. The highest BCUT2D eigenvalue weighted by Crippen LogP contribution is 2.27. The normalized spacial score (nSPS) is 13.9. The molecule has 4 rings (SSSR count). The predicted molar refractivity (Wildman–Crippen MR) is 72.0 cm³/mol. The van der Waals surface area contributed by atoms with Gasteiger partial charge in [-0.15, -0.1) is 0 Å². The SMILES string of the molecule is O=c1ncc2[nH]c(-c3ccc4c(c3)CCC4)nc2[nH]1. The van der Waals surface area contributed by atoms with Crippen molar-refractivity contribution in [1.82, 2.24) is 19.9 Å². The van der Waals surface area contributed by atoms with E-state index in [0.717, 1.165) is 23.3 Å². The van der Waals surface area contributed by atoms with Crippen molar-refractivity contribution < 1.29 is 0 Å². The van der Waals surface area contributed by atoms with Crippen LogP contribution in [0.3, 0.4) is 0 Å². The molecular formula is C14H12N4O. The maximum absolute atomic E-state index is 11.2. The first-order valence-corrected chi connectivity index (χ1v) is 6.37. The summed E-state index contributed by atoms with van der Waals surface area (Å²) in [6.45, 7) is 0. The number of nitrogens with zero attached hydrogens (tertiary/aromatic N) is 2. The third-order valence-corrected chi connectivity index (χ3v) is 3.64. The summed E-state index contributed by atoms with van der Waals surface area (Å²) in [6.07, 6.45) is 5.06. The van der Waals surface area contributed by atoms with Crippen molar-refractivity contribution in [2.24, 2.45) is 0 Å². The van der Waals surface area contributed by atoms with Gasteiger partial charge in [-0.05, 0) is 36.5 Å². The molecule has 1 aliphatic rings. The molecule has 2 aromatic heterocycles. The Morgan fingerprint density at radius 3 is 2.95 bits per heavy atom. The van der Waals surface area contributed by atoms with Gasteiger partial charge in [0.2, 0.25) is 0 Å². The van der Waals surface area contributed by atoms with Crippen LogP contribution >= 0.6 is 0 Å². The van der Waals surface area contributed by atoms with Crippen molar-refractivity contribution >= 4 is 11.2 Å². The maximum atomic E-state index is 11.2. The Balaban J connectivity index is 1.87. The van der Waals surface area contributed by atoms with Crippen molar-refractivity contribution in [3.05, 3.63) is 46.0 Å². The Hall–Kier alpha value is -2.43. The minimum atomic E-state index is -0.375. The predicted octanol–water partition coefficient (Wildman–Crippen LogP) is 1.80. The van der Waals surface area contributed by atoms with Crippen LogP contribution in [0.1, 0.15) is 17.5 Å². The van der Waals surface area contributed by atoms with Crippen molar-refractivity contribution in [3.8, 4) is 11.4 Å². The molecule has 0 bridgehead atoms. The lowest BCUT2D eigenvalue weighted by Crippen LogP contribution is -2.08. The number of aryl methyl sites for hydroxylation is 2. The molecule has 0 amide bonds. The van der Waals surface area contributed by atoms with Gasteiger partial charge in [0.25, 0.3) is 0 Å². The maximum Gasteiger partial charge on any atom is 0.346 e. The van der Waals surface area contributed by atoms with Crippen molar-refractivity contribution in [1.29, 1.82) is 0 Å². The zero-order chi connectivity index (χ0) is 12.8. The van der Waals surface area contributed by atoms with Crippen molar-refractivity contribution in [2.45, 2.75) is 19.3 Å². The number of imidazole rings is 1. The quantitative estimate of drug-likeness (QED) is 0.693. The summed E-state index contributed by atoms with van der Waals surface area (Å²) < 4.78 is 0. The first-order chi connectivity index (χ1) is 9.29. The number of fused-ring (bicyclic) bond motifs is 2. The Morgan fingerprint density at radius 1 is 1.11 bits per heavy atom. The summed E-state index contributed by atoms with van der Waals surface area (Å²) >= 11 is 0. The van der Waals surface area contributed by atoms with Crippen LogP contribution in [0.15, 0.2) is 29.2 Å². The van der Waals surface area contributed by atoms with E-state index in [1.807, 2.05) is 0 Å². The average Bonchev–Trinajstić information content (AvgIpc) is 3.02. The number of nitrogens with one attached hydrogen (secondary N) is 2. The molecule has 0 atom stereocenters. The summed E-state index contributed by atoms with van der Waals surface area (Å²) in [5.41, 5.74) is 4.82. The summed E-state index contributed by atoms with van der Waals surface area (Å²) in [4.78, 5) is 25.1. The average molecular weight is 252 g/mol. The summed E-state index contributed by atoms with van der Waals surface area (Å²) in [7, 11) is 0. The molecule has 0 radical (unpaired) electrons. The van der Waals surface area contributed by atoms with E-state index < -0.39 is 0 Å². The molecule has 2 N–H and O–H groups in total. The van der Waals surface area contributed by atoms with Gasteiger partial charge in [-0.3, -0.25) is 4.98 Å². The van der Waals surface area contributed by atoms with Gasteiger partial charge in [0.05, 0.1) is 6.20 Å². The molecule has 0 saturated carbocycles. The largest absolute Gasteiger partial charge is 0.346 e. The van der Waals surface area contributed by atoms with Gasteiger partial charge >= 0.3 is 5.69 Å². The van der Waals surface area contributed by atoms with E-state index in [4.69, 9.17) is 0 Å². The van der Waals surface area contributed by atoms with E-state index in [0.29, 0.717) is 5.65 Å². The second-order valence-corrected chi connectivity index (χ2v) is 4.87. The minimum absolute atomic E-state index is 0.375. The van der Waals surface area contributed by atoms with Crippen LogP contribution < -0.4 is 5.69 Å². The van der Waals surface area contributed by atoms with Crippen LogP contribution in [0.2, 0.25) is 0 Å². The van der Waals surface area contributed by atoms with Crippen LogP contribution in [0.25, 0.3) is 22.6 Å². The topological polar surface area (TPSA) is 74.4 Å². The van der Waals surface area contributed by atoms with Crippen LogP contribution in [0.5, 0.6) is 0 Å². The summed E-state index contributed by atoms with van der Waals surface area (Å²) in [5.74, 6) is 0.772. The fourth-order valence-corrected chi connectivity index (χ4v) is 2.69. The van der Waals surface area contributed by atoms with Crippen LogP contribution in [-0.4, -0.2) is 19.9 Å². The molecule has 0 spiro atoms. The van der Waals surface area contributed by atoms with Gasteiger partial charge in [0.1, 0.15) is 11.3 Å². The summed E-state index contributed by atoms with van der Waals surface area (Å²) in [5, 5.41) is 0. The lowest BCUT2D eigenvalue weighted by Gasteiger charge is -2.01. The number of aromatic nitrogens is 4. The van der Waals surface area contributed by atoms with E-state index in [9.17, 15) is 4.79 Å². The van der Waals surface area contributed by atoms with Gasteiger partial charge in [-0.2, -0.15) is 4.98 Å². The van der Waals surface area contributed by atoms with Gasteiger partial charge < -0.3 is 4.98 Å². The molecule has 1 aliphatic carbocycles. The molecule has 0 saturated heterocycles. The van der Waals surface area contributed by atoms with Crippen LogP contribution in [-0.2, 0) is 12.8 Å². The number of benzene rings is 1. The third kappa shape index (κ3) is 1.66. The number of H-pyrrole nitrogens is 2. The number of hydrogen-bond acceptors (Lipinski definition) is 3. The molecule has 3 aromatic rings. The van der Waals surface area contributed by atoms with Gasteiger partial charge in [0.15, 0.2) is 5.65 Å². The molecular weight excluding hydrogens is 240 g/mol. The highest BCUT2D eigenvalue weighted by atomic mass is 16.1. The number of aromatic amines is 2. The van der Waals surface area contributed by atoms with E-state index in [1.54, 1.807) is 0 Å². The molecule has 2 heterocycles. The van der Waals surface area contributed by atoms with E-state index in [2.05, 4.69) is 38.1 Å². The Bertz CT molecular complexity index is 831. The van der Waals surface area contributed by atoms with E-state index >= 15 is 0 Å². The van der Waals surface area contributed by atoms with Crippen molar-refractivity contribution in [2.75, 3.05) is 0 Å². The van der Waals surface area contributed by atoms with Crippen LogP contribution in [0, 0.1) is 0 Å². The third-order valence-electron chi connectivity index (χ3n) is 3.64. The molecule has 5 heteroatoms. The second-order valence-electron chi connectivity index (χ2n) is 4.87. The van der Waals surface area contributed by atoms with E-state index in [-0.39, 0.29) is 5.69 Å². The first kappa shape index (κ1) is 10.5. The van der Waals surface area contributed by atoms with Crippen LogP contribution in [0.4, 0.5) is 0 Å². The lowest BCUT2D eigenvalue weighted by molar-refractivity contribution is 0.912. The zero-order valence-electron chi connectivity index (χ0n) is 10.2. The molecule has 5 nitrogen and oxygen atoms in total. The number of hydrogen-bond donors (Lipinski definition) is 2. The van der Waals surface area contributed by atoms with Crippen molar-refractivity contribution in [3.63, 3.8) is 0 Å². The Kier molecular flexibility index (Phi) is 2.09. The molecule has 1 aromatic carbocycles. The monoisotopic (exact) mass is 252 g/mol. The van der Waals surface area contributed by atoms with Gasteiger partial charge in [0, 0.05) is 5.56 Å².